The van der Waals surface area contributed by atoms with Crippen LogP contribution in [0.1, 0.15) is 23.0 Å². The van der Waals surface area contributed by atoms with Crippen LogP contribution in [0.5, 0.6) is 0 Å². The van der Waals surface area contributed by atoms with E-state index in [0.29, 0.717) is 15.4 Å². The molecule has 3 aromatic rings. The zero-order valence-electron chi connectivity index (χ0n) is 14.1. The summed E-state index contributed by atoms with van der Waals surface area (Å²) in [5, 5.41) is 5.12. The largest absolute Gasteiger partial charge is 0.442 e. The molecule has 1 unspecified atom stereocenters. The van der Waals surface area contributed by atoms with Crippen LogP contribution in [0.2, 0.25) is 0 Å². The first kappa shape index (κ1) is 17.0. The summed E-state index contributed by atoms with van der Waals surface area (Å²) in [5.74, 6) is -1.03. The molecule has 1 aliphatic heterocycles. The van der Waals surface area contributed by atoms with Crippen molar-refractivity contribution in [2.75, 3.05) is 0 Å². The number of carbonyl (C=O) groups excluding carboxylic acids is 3. The van der Waals surface area contributed by atoms with Gasteiger partial charge < -0.3 is 9.73 Å². The minimum atomic E-state index is -1.27. The molecule has 2 N–H and O–H groups in total. The van der Waals surface area contributed by atoms with E-state index in [0.717, 1.165) is 6.39 Å². The van der Waals surface area contributed by atoms with Gasteiger partial charge in [0.05, 0.1) is 4.88 Å². The molecule has 0 spiro atoms. The van der Waals surface area contributed by atoms with Crippen molar-refractivity contribution in [1.82, 2.24) is 20.7 Å². The third-order valence-corrected chi connectivity index (χ3v) is 5.15. The van der Waals surface area contributed by atoms with E-state index in [2.05, 4.69) is 15.7 Å². The Bertz CT molecular complexity index is 1020. The summed E-state index contributed by atoms with van der Waals surface area (Å²) in [6, 6.07) is 11.7. The second kappa shape index (κ2) is 6.36. The number of imide groups is 1. The summed E-state index contributed by atoms with van der Waals surface area (Å²) in [7, 11) is 0. The third-order valence-electron chi connectivity index (χ3n) is 4.28. The van der Waals surface area contributed by atoms with Crippen LogP contribution >= 0.6 is 11.3 Å². The van der Waals surface area contributed by atoms with E-state index >= 15 is 0 Å². The van der Waals surface area contributed by atoms with Crippen LogP contribution in [0.25, 0.3) is 10.6 Å². The summed E-state index contributed by atoms with van der Waals surface area (Å²) in [6.45, 7) is 1.59. The van der Waals surface area contributed by atoms with Crippen molar-refractivity contribution in [2.24, 2.45) is 0 Å². The molecule has 0 saturated carbocycles. The maximum absolute atomic E-state index is 12.8. The van der Waals surface area contributed by atoms with E-state index in [-0.39, 0.29) is 11.5 Å². The summed E-state index contributed by atoms with van der Waals surface area (Å²) in [5.41, 5.74) is 1.66. The highest BCUT2D eigenvalue weighted by Gasteiger charge is 2.50. The highest BCUT2D eigenvalue weighted by Crippen LogP contribution is 2.29. The smallest absolute Gasteiger partial charge is 0.344 e. The number of hydrogen-bond donors (Lipinski definition) is 2. The van der Waals surface area contributed by atoms with Crippen LogP contribution in [0.4, 0.5) is 4.79 Å². The van der Waals surface area contributed by atoms with E-state index in [9.17, 15) is 14.4 Å². The van der Waals surface area contributed by atoms with E-state index in [4.69, 9.17) is 4.42 Å². The Labute approximate surface area is 157 Å². The minimum Gasteiger partial charge on any atom is -0.442 e. The van der Waals surface area contributed by atoms with Gasteiger partial charge in [-0.25, -0.2) is 9.78 Å². The van der Waals surface area contributed by atoms with Crippen molar-refractivity contribution in [2.45, 2.75) is 12.5 Å². The predicted octanol–water partition coefficient (Wildman–Crippen LogP) is 2.52. The second-order valence-electron chi connectivity index (χ2n) is 6.01. The van der Waals surface area contributed by atoms with Gasteiger partial charge in [-0.05, 0) is 23.9 Å². The second-order valence-corrected chi connectivity index (χ2v) is 6.96. The van der Waals surface area contributed by atoms with E-state index in [1.165, 1.54) is 11.3 Å². The molecule has 1 atom stereocenters. The summed E-state index contributed by atoms with van der Waals surface area (Å²) in [4.78, 5) is 42.4. The van der Waals surface area contributed by atoms with Crippen LogP contribution in [-0.4, -0.2) is 27.8 Å². The predicted molar refractivity (Wildman–Crippen MR) is 96.5 cm³/mol. The fourth-order valence-electron chi connectivity index (χ4n) is 2.85. The molecule has 136 valence electrons. The van der Waals surface area contributed by atoms with Gasteiger partial charge in [-0.15, -0.1) is 11.3 Å². The van der Waals surface area contributed by atoms with Gasteiger partial charge in [-0.1, -0.05) is 36.4 Å². The van der Waals surface area contributed by atoms with Crippen LogP contribution in [-0.2, 0) is 10.3 Å². The van der Waals surface area contributed by atoms with Crippen molar-refractivity contribution in [1.29, 1.82) is 0 Å². The lowest BCUT2D eigenvalue weighted by atomic mass is 9.92. The van der Waals surface area contributed by atoms with Crippen LogP contribution < -0.4 is 10.7 Å². The van der Waals surface area contributed by atoms with Gasteiger partial charge in [-0.2, -0.15) is 5.01 Å². The Morgan fingerprint density at radius 1 is 1.22 bits per heavy atom. The first-order valence-electron chi connectivity index (χ1n) is 8.01. The van der Waals surface area contributed by atoms with Gasteiger partial charge in [-0.3, -0.25) is 15.0 Å². The summed E-state index contributed by atoms with van der Waals surface area (Å²) < 4.78 is 5.29. The van der Waals surface area contributed by atoms with Crippen LogP contribution in [0, 0.1) is 0 Å². The third kappa shape index (κ3) is 2.77. The standard InChI is InChI=1S/C18H14N4O4S/c1-18(11-6-3-2-4-7-11)16(24)22(17(25)20-18)21-15(23)13-14(26-10-19-13)12-8-5-9-27-12/h2-10H,1H3,(H,20,25)(H,21,23). The number of benzene rings is 1. The van der Waals surface area contributed by atoms with Gasteiger partial charge in [0.25, 0.3) is 11.8 Å². The van der Waals surface area contributed by atoms with Crippen LogP contribution in [0.15, 0.2) is 58.7 Å². The van der Waals surface area contributed by atoms with E-state index < -0.39 is 23.4 Å². The number of oxazole rings is 1. The van der Waals surface area contributed by atoms with Gasteiger partial charge >= 0.3 is 6.03 Å². The Hall–Kier alpha value is -3.46. The van der Waals surface area contributed by atoms with Crippen LogP contribution in [0.3, 0.4) is 0 Å². The highest BCUT2D eigenvalue weighted by molar-refractivity contribution is 7.13. The number of urea groups is 1. The molecule has 1 aliphatic rings. The maximum atomic E-state index is 12.8. The molecule has 4 amide bonds. The average molecular weight is 382 g/mol. The monoisotopic (exact) mass is 382 g/mol. The molecule has 27 heavy (non-hydrogen) atoms. The van der Waals surface area contributed by atoms with Gasteiger partial charge in [0.15, 0.2) is 17.8 Å². The average Bonchev–Trinajstić information content (AvgIpc) is 3.39. The Kier molecular flexibility index (Phi) is 4.00. The Morgan fingerprint density at radius 2 is 2.00 bits per heavy atom. The molecule has 2 aromatic heterocycles. The Balaban J connectivity index is 1.59. The number of nitrogens with one attached hydrogen (secondary N) is 2. The normalized spacial score (nSPS) is 19.2. The molecule has 3 heterocycles. The first-order chi connectivity index (χ1) is 13.0. The number of hydrazine groups is 1. The SMILES string of the molecule is CC1(c2ccccc2)NC(=O)N(NC(=O)c2ncoc2-c2cccs2)C1=O. The number of amides is 4. The van der Waals surface area contributed by atoms with Crippen molar-refractivity contribution >= 4 is 29.2 Å². The zero-order chi connectivity index (χ0) is 19.0. The van der Waals surface area contributed by atoms with Crippen molar-refractivity contribution in [3.05, 3.63) is 65.5 Å². The fourth-order valence-corrected chi connectivity index (χ4v) is 3.57. The molecule has 4 rings (SSSR count). The van der Waals surface area contributed by atoms with Gasteiger partial charge in [0.1, 0.15) is 5.54 Å². The molecule has 1 aromatic carbocycles. The molecule has 1 saturated heterocycles. The number of nitrogens with zero attached hydrogens (tertiary/aromatic N) is 2. The summed E-state index contributed by atoms with van der Waals surface area (Å²) in [6.07, 6.45) is 1.14. The number of rotatable bonds is 4. The number of hydrogen-bond acceptors (Lipinski definition) is 6. The molecular weight excluding hydrogens is 368 g/mol. The first-order valence-corrected chi connectivity index (χ1v) is 8.89. The highest BCUT2D eigenvalue weighted by atomic mass is 32.1. The molecular formula is C18H14N4O4S. The molecule has 0 radical (unpaired) electrons. The number of aromatic nitrogens is 1. The molecule has 9 heteroatoms. The topological polar surface area (TPSA) is 105 Å². The minimum absolute atomic E-state index is 0.00800. The quantitative estimate of drug-likeness (QED) is 0.675. The lowest BCUT2D eigenvalue weighted by Gasteiger charge is -2.21. The zero-order valence-corrected chi connectivity index (χ0v) is 14.9. The van der Waals surface area contributed by atoms with E-state index in [1.54, 1.807) is 37.3 Å². The lowest BCUT2D eigenvalue weighted by molar-refractivity contribution is -0.132. The van der Waals surface area contributed by atoms with Gasteiger partial charge in [0, 0.05) is 0 Å². The lowest BCUT2D eigenvalue weighted by Crippen LogP contribution is -2.48. The van der Waals surface area contributed by atoms with E-state index in [1.807, 2.05) is 17.5 Å². The molecule has 1 fully saturated rings. The van der Waals surface area contributed by atoms with Crippen molar-refractivity contribution in [3.63, 3.8) is 0 Å². The molecule has 0 bridgehead atoms. The number of thiophene rings is 1. The number of carbonyl (C=O) groups is 3. The summed E-state index contributed by atoms with van der Waals surface area (Å²) >= 11 is 1.38. The maximum Gasteiger partial charge on any atom is 0.344 e. The van der Waals surface area contributed by atoms with Gasteiger partial charge in [0.2, 0.25) is 0 Å². The van der Waals surface area contributed by atoms with Crippen molar-refractivity contribution < 1.29 is 18.8 Å². The fraction of sp³-hybridized carbons (Fsp3) is 0.111. The molecule has 0 aliphatic carbocycles. The van der Waals surface area contributed by atoms with Crippen molar-refractivity contribution in [3.8, 4) is 10.6 Å². The molecule has 8 nitrogen and oxygen atoms in total. The Morgan fingerprint density at radius 3 is 2.70 bits per heavy atom.